The van der Waals surface area contributed by atoms with Crippen molar-refractivity contribution in [2.75, 3.05) is 18.0 Å². The molecule has 7 heteroatoms. The van der Waals surface area contributed by atoms with Gasteiger partial charge >= 0.3 is 0 Å². The van der Waals surface area contributed by atoms with Gasteiger partial charge in [0.25, 0.3) is 5.78 Å². The minimum Gasteiger partial charge on any atom is -0.356 e. The average molecular weight is 350 g/mol. The molecule has 1 fully saturated rings. The van der Waals surface area contributed by atoms with Crippen LogP contribution >= 0.6 is 0 Å². The van der Waals surface area contributed by atoms with E-state index in [1.807, 2.05) is 13.0 Å². The molecule has 0 bridgehead atoms. The lowest BCUT2D eigenvalue weighted by molar-refractivity contribution is 0.435. The number of aryl methyl sites for hydroxylation is 1. The van der Waals surface area contributed by atoms with Crippen LogP contribution in [0.3, 0.4) is 0 Å². The van der Waals surface area contributed by atoms with E-state index in [1.165, 1.54) is 12.4 Å². The molecule has 4 rings (SSSR count). The van der Waals surface area contributed by atoms with Gasteiger partial charge in [0.1, 0.15) is 24.0 Å². The number of rotatable bonds is 2. The Morgan fingerprint density at radius 2 is 2.00 bits per heavy atom. The van der Waals surface area contributed by atoms with Gasteiger partial charge in [-0.2, -0.15) is 24.8 Å². The molecule has 6 nitrogen and oxygen atoms in total. The van der Waals surface area contributed by atoms with Crippen LogP contribution < -0.4 is 4.90 Å². The van der Waals surface area contributed by atoms with Gasteiger partial charge in [0, 0.05) is 18.7 Å². The molecule has 0 aliphatic carbocycles. The average Bonchev–Trinajstić information content (AvgIpc) is 3.10. The zero-order valence-corrected chi connectivity index (χ0v) is 14.8. The van der Waals surface area contributed by atoms with E-state index in [4.69, 9.17) is 0 Å². The van der Waals surface area contributed by atoms with Gasteiger partial charge < -0.3 is 4.90 Å². The Labute approximate surface area is 150 Å². The summed E-state index contributed by atoms with van der Waals surface area (Å²) in [5.74, 6) is 1.33. The summed E-state index contributed by atoms with van der Waals surface area (Å²) in [6.45, 7) is 5.72. The molecule has 1 aliphatic heterocycles. The smallest absolute Gasteiger partial charge is 0.255 e. The van der Waals surface area contributed by atoms with Crippen molar-refractivity contribution in [2.45, 2.75) is 26.7 Å². The summed E-state index contributed by atoms with van der Waals surface area (Å²) in [6, 6.07) is 7.06. The predicted molar refractivity (Wildman–Crippen MR) is 96.2 cm³/mol. The van der Waals surface area contributed by atoms with Crippen LogP contribution in [0.1, 0.15) is 31.0 Å². The first-order valence-corrected chi connectivity index (χ1v) is 8.74. The minimum absolute atomic E-state index is 0.173. The Kier molecular flexibility index (Phi) is 4.03. The highest BCUT2D eigenvalue weighted by molar-refractivity contribution is 5.83. The van der Waals surface area contributed by atoms with Crippen molar-refractivity contribution in [1.29, 1.82) is 5.26 Å². The maximum absolute atomic E-state index is 14.8. The first-order chi connectivity index (χ1) is 12.6. The van der Waals surface area contributed by atoms with Crippen molar-refractivity contribution in [3.8, 4) is 17.2 Å². The molecule has 3 heterocycles. The number of aromatic nitrogens is 4. The molecular formula is C19H19FN6. The van der Waals surface area contributed by atoms with E-state index in [0.29, 0.717) is 28.6 Å². The van der Waals surface area contributed by atoms with Crippen molar-refractivity contribution in [3.63, 3.8) is 0 Å². The number of anilines is 1. The van der Waals surface area contributed by atoms with Crippen LogP contribution in [0.5, 0.6) is 0 Å². The van der Waals surface area contributed by atoms with Gasteiger partial charge in [-0.05, 0) is 37.3 Å². The first-order valence-electron chi connectivity index (χ1n) is 8.74. The second-order valence-corrected chi connectivity index (χ2v) is 6.84. The van der Waals surface area contributed by atoms with Gasteiger partial charge in [-0.3, -0.25) is 0 Å². The Morgan fingerprint density at radius 3 is 2.69 bits per heavy atom. The summed E-state index contributed by atoms with van der Waals surface area (Å²) in [5.41, 5.74) is 1.83. The van der Waals surface area contributed by atoms with Gasteiger partial charge in [-0.25, -0.2) is 4.39 Å². The molecule has 0 N–H and O–H groups in total. The molecule has 0 amide bonds. The topological polar surface area (TPSA) is 70.1 Å². The molecule has 0 unspecified atom stereocenters. The van der Waals surface area contributed by atoms with Crippen LogP contribution in [0, 0.1) is 30.0 Å². The summed E-state index contributed by atoms with van der Waals surface area (Å²) >= 11 is 0. The van der Waals surface area contributed by atoms with Gasteiger partial charge in [0.05, 0.1) is 5.56 Å². The monoisotopic (exact) mass is 350 g/mol. The molecule has 1 aliphatic rings. The number of piperidine rings is 1. The highest BCUT2D eigenvalue weighted by atomic mass is 19.1. The van der Waals surface area contributed by atoms with Crippen LogP contribution in [0.2, 0.25) is 0 Å². The number of nitriles is 1. The lowest BCUT2D eigenvalue weighted by Crippen LogP contribution is -2.35. The van der Waals surface area contributed by atoms with E-state index in [1.54, 1.807) is 10.6 Å². The summed E-state index contributed by atoms with van der Waals surface area (Å²) in [5, 5.41) is 14.0. The molecule has 0 radical (unpaired) electrons. The number of hydrogen-bond donors (Lipinski definition) is 0. The normalized spacial score (nSPS) is 15.4. The Morgan fingerprint density at radius 1 is 1.23 bits per heavy atom. The quantitative estimate of drug-likeness (QED) is 0.709. The number of nitrogens with zero attached hydrogens (tertiary/aromatic N) is 6. The van der Waals surface area contributed by atoms with E-state index in [0.717, 1.165) is 31.5 Å². The molecule has 1 aromatic carbocycles. The van der Waals surface area contributed by atoms with Crippen LogP contribution in [0.4, 0.5) is 10.2 Å². The van der Waals surface area contributed by atoms with Crippen molar-refractivity contribution in [2.24, 2.45) is 5.92 Å². The third-order valence-electron chi connectivity index (χ3n) is 5.06. The molecule has 0 saturated carbocycles. The highest BCUT2D eigenvalue weighted by Crippen LogP contribution is 2.38. The number of benzene rings is 1. The van der Waals surface area contributed by atoms with Gasteiger partial charge in [-0.1, -0.05) is 19.1 Å². The summed E-state index contributed by atoms with van der Waals surface area (Å²) in [4.78, 5) is 10.6. The van der Waals surface area contributed by atoms with E-state index < -0.39 is 0 Å². The number of halogens is 1. The summed E-state index contributed by atoms with van der Waals surface area (Å²) < 4.78 is 16.4. The van der Waals surface area contributed by atoms with Crippen LogP contribution in [-0.2, 0) is 0 Å². The minimum atomic E-state index is -0.366. The Hall–Kier alpha value is -3.01. The van der Waals surface area contributed by atoms with Gasteiger partial charge in [0.15, 0.2) is 5.69 Å². The van der Waals surface area contributed by atoms with E-state index in [9.17, 15) is 9.65 Å². The standard InChI is InChI=1S/C19H19FN6/c1-12-6-8-25(9-7-12)18-17(16-13(2)4-3-5-14(16)20)15(10-21)24-19-22-11-23-26(18)19/h3-5,11-12H,6-9H2,1-2H3. The second-order valence-electron chi connectivity index (χ2n) is 6.84. The maximum Gasteiger partial charge on any atom is 0.255 e. The molecule has 0 spiro atoms. The van der Waals surface area contributed by atoms with Crippen molar-refractivity contribution >= 4 is 11.6 Å². The van der Waals surface area contributed by atoms with Crippen molar-refractivity contribution in [1.82, 2.24) is 19.6 Å². The third-order valence-corrected chi connectivity index (χ3v) is 5.06. The molecule has 0 atom stereocenters. The fourth-order valence-electron chi connectivity index (χ4n) is 3.60. The van der Waals surface area contributed by atoms with Crippen LogP contribution in [0.25, 0.3) is 16.9 Å². The predicted octanol–water partition coefficient (Wildman–Crippen LogP) is 3.35. The van der Waals surface area contributed by atoms with E-state index >= 15 is 0 Å². The number of hydrogen-bond acceptors (Lipinski definition) is 5. The van der Waals surface area contributed by atoms with Gasteiger partial charge in [0.2, 0.25) is 0 Å². The van der Waals surface area contributed by atoms with Crippen LogP contribution in [-0.4, -0.2) is 32.7 Å². The van der Waals surface area contributed by atoms with Crippen LogP contribution in [0.15, 0.2) is 24.5 Å². The third kappa shape index (κ3) is 2.58. The second kappa shape index (κ2) is 6.37. The zero-order valence-electron chi connectivity index (χ0n) is 14.8. The number of fused-ring (bicyclic) bond motifs is 1. The van der Waals surface area contributed by atoms with E-state index in [2.05, 4.69) is 33.0 Å². The molecule has 3 aromatic rings. The Balaban J connectivity index is 2.05. The SMILES string of the molecule is Cc1cccc(F)c1-c1c(C#N)nc2ncnn2c1N1CCC(C)CC1. The molecule has 1 saturated heterocycles. The summed E-state index contributed by atoms with van der Waals surface area (Å²) in [7, 11) is 0. The first kappa shape index (κ1) is 16.5. The fraction of sp³-hybridized carbons (Fsp3) is 0.368. The molecular weight excluding hydrogens is 331 g/mol. The van der Waals surface area contributed by atoms with Crippen molar-refractivity contribution < 1.29 is 4.39 Å². The van der Waals surface area contributed by atoms with Gasteiger partial charge in [-0.15, -0.1) is 0 Å². The van der Waals surface area contributed by atoms with E-state index in [-0.39, 0.29) is 11.5 Å². The Bertz CT molecular complexity index is 991. The summed E-state index contributed by atoms with van der Waals surface area (Å²) in [6.07, 6.45) is 3.49. The molecule has 132 valence electrons. The maximum atomic E-state index is 14.8. The highest BCUT2D eigenvalue weighted by Gasteiger charge is 2.27. The van der Waals surface area contributed by atoms with Crippen molar-refractivity contribution in [3.05, 3.63) is 41.6 Å². The largest absolute Gasteiger partial charge is 0.356 e. The molecule has 2 aromatic heterocycles. The fourth-order valence-corrected chi connectivity index (χ4v) is 3.60. The molecule has 26 heavy (non-hydrogen) atoms. The lowest BCUT2D eigenvalue weighted by Gasteiger charge is -2.33. The zero-order chi connectivity index (χ0) is 18.3. The lowest BCUT2D eigenvalue weighted by atomic mass is 9.95.